The standard InChI is InChI=1S/C19H18N2OS2/c1-3-12-21-18(22)17(24-19(21)23)10-9-14-11-13-20(4-2)16-8-6-5-7-15(14)16/h3,5-11,13H,1,4,12H2,2H3/b14-9+,17-10-. The lowest BCUT2D eigenvalue weighted by Crippen LogP contribution is -2.27. The minimum Gasteiger partial charge on any atom is -0.348 e. The summed E-state index contributed by atoms with van der Waals surface area (Å²) in [6.45, 7) is 7.16. The number of hydrogen-bond donors (Lipinski definition) is 0. The summed E-state index contributed by atoms with van der Waals surface area (Å²) < 4.78 is 0.585. The van der Waals surface area contributed by atoms with Gasteiger partial charge in [0.15, 0.2) is 0 Å². The van der Waals surface area contributed by atoms with E-state index in [1.165, 1.54) is 23.0 Å². The molecule has 1 aromatic rings. The fourth-order valence-corrected chi connectivity index (χ4v) is 3.91. The first-order valence-corrected chi connectivity index (χ1v) is 8.99. The normalized spacial score (nSPS) is 20.2. The third-order valence-electron chi connectivity index (χ3n) is 3.90. The van der Waals surface area contributed by atoms with Crippen LogP contribution in [0, 0.1) is 0 Å². The van der Waals surface area contributed by atoms with E-state index in [2.05, 4.69) is 42.8 Å². The quantitative estimate of drug-likeness (QED) is 0.455. The van der Waals surface area contributed by atoms with E-state index in [9.17, 15) is 4.79 Å². The Hall–Kier alpha value is -2.11. The first kappa shape index (κ1) is 16.7. The molecule has 0 N–H and O–H groups in total. The van der Waals surface area contributed by atoms with Crippen molar-refractivity contribution in [1.29, 1.82) is 0 Å². The Morgan fingerprint density at radius 2 is 2.08 bits per heavy atom. The number of amides is 1. The molecular weight excluding hydrogens is 336 g/mol. The van der Waals surface area contributed by atoms with Crippen LogP contribution in [-0.4, -0.2) is 28.2 Å². The molecule has 0 aliphatic carbocycles. The molecule has 2 aliphatic heterocycles. The third-order valence-corrected chi connectivity index (χ3v) is 5.29. The van der Waals surface area contributed by atoms with Gasteiger partial charge in [0.05, 0.1) is 4.91 Å². The highest BCUT2D eigenvalue weighted by Gasteiger charge is 2.30. The number of thioether (sulfide) groups is 1. The number of carbonyl (C=O) groups excluding carboxylic acids is 1. The van der Waals surface area contributed by atoms with Gasteiger partial charge in [-0.25, -0.2) is 0 Å². The van der Waals surface area contributed by atoms with Gasteiger partial charge in [0.1, 0.15) is 4.32 Å². The highest BCUT2D eigenvalue weighted by Crippen LogP contribution is 2.34. The Morgan fingerprint density at radius 3 is 2.83 bits per heavy atom. The summed E-state index contributed by atoms with van der Waals surface area (Å²) in [5, 5.41) is 0. The average molecular weight is 355 g/mol. The molecule has 0 radical (unpaired) electrons. The molecule has 0 atom stereocenters. The fraction of sp³-hybridized carbons (Fsp3) is 0.158. The van der Waals surface area contributed by atoms with Crippen LogP contribution in [0.1, 0.15) is 12.5 Å². The monoisotopic (exact) mass is 354 g/mol. The minimum atomic E-state index is -0.0509. The summed E-state index contributed by atoms with van der Waals surface area (Å²) in [5.41, 5.74) is 3.44. The van der Waals surface area contributed by atoms with E-state index < -0.39 is 0 Å². The lowest BCUT2D eigenvalue weighted by molar-refractivity contribution is -0.121. The van der Waals surface area contributed by atoms with Crippen LogP contribution in [0.3, 0.4) is 0 Å². The molecular formula is C19H18N2OS2. The third kappa shape index (κ3) is 3.09. The van der Waals surface area contributed by atoms with E-state index >= 15 is 0 Å². The largest absolute Gasteiger partial charge is 0.348 e. The second-order valence-corrected chi connectivity index (χ2v) is 7.02. The zero-order valence-electron chi connectivity index (χ0n) is 13.4. The van der Waals surface area contributed by atoms with Gasteiger partial charge in [-0.2, -0.15) is 0 Å². The number of nitrogens with zero attached hydrogens (tertiary/aromatic N) is 2. The second kappa shape index (κ2) is 7.20. The predicted molar refractivity (Wildman–Crippen MR) is 107 cm³/mol. The maximum Gasteiger partial charge on any atom is 0.266 e. The van der Waals surface area contributed by atoms with Crippen LogP contribution < -0.4 is 4.90 Å². The summed E-state index contributed by atoms with van der Waals surface area (Å²) in [7, 11) is 0. The smallest absolute Gasteiger partial charge is 0.266 e. The lowest BCUT2D eigenvalue weighted by Gasteiger charge is -2.26. The number of benzene rings is 1. The van der Waals surface area contributed by atoms with Gasteiger partial charge in [-0.15, -0.1) is 6.58 Å². The molecule has 0 saturated carbocycles. The Balaban J connectivity index is 1.91. The molecule has 1 fully saturated rings. The zero-order valence-corrected chi connectivity index (χ0v) is 15.1. The molecule has 1 aromatic carbocycles. The summed E-state index contributed by atoms with van der Waals surface area (Å²) in [4.78, 5) is 16.8. The molecule has 2 heterocycles. The predicted octanol–water partition coefficient (Wildman–Crippen LogP) is 4.35. The van der Waals surface area contributed by atoms with Gasteiger partial charge in [0.25, 0.3) is 5.91 Å². The van der Waals surface area contributed by atoms with Crippen molar-refractivity contribution < 1.29 is 4.79 Å². The van der Waals surface area contributed by atoms with Crippen molar-refractivity contribution in [3.63, 3.8) is 0 Å². The van der Waals surface area contributed by atoms with E-state index in [1.54, 1.807) is 11.0 Å². The maximum atomic E-state index is 12.4. The van der Waals surface area contributed by atoms with Crippen LogP contribution in [0.15, 0.2) is 66.3 Å². The molecule has 3 nitrogen and oxygen atoms in total. The van der Waals surface area contributed by atoms with Crippen molar-refractivity contribution in [3.05, 3.63) is 71.8 Å². The van der Waals surface area contributed by atoms with Crippen molar-refractivity contribution in [2.45, 2.75) is 6.92 Å². The summed E-state index contributed by atoms with van der Waals surface area (Å²) in [6.07, 6.45) is 9.69. The first-order valence-electron chi connectivity index (χ1n) is 7.76. The Labute approximate surface area is 152 Å². The van der Waals surface area contributed by atoms with Crippen molar-refractivity contribution in [2.24, 2.45) is 0 Å². The molecule has 3 rings (SSSR count). The van der Waals surface area contributed by atoms with Crippen molar-refractivity contribution >= 4 is 45.5 Å². The second-order valence-electron chi connectivity index (χ2n) is 5.34. The summed E-state index contributed by atoms with van der Waals surface area (Å²) in [5.74, 6) is -0.0509. The van der Waals surface area contributed by atoms with Crippen molar-refractivity contribution in [2.75, 3.05) is 18.0 Å². The van der Waals surface area contributed by atoms with Crippen LogP contribution in [0.5, 0.6) is 0 Å². The molecule has 5 heteroatoms. The van der Waals surface area contributed by atoms with Crippen molar-refractivity contribution in [1.82, 2.24) is 4.90 Å². The molecule has 122 valence electrons. The molecule has 2 aliphatic rings. The highest BCUT2D eigenvalue weighted by atomic mass is 32.2. The summed E-state index contributed by atoms with van der Waals surface area (Å²) >= 11 is 6.60. The number of fused-ring (bicyclic) bond motifs is 1. The van der Waals surface area contributed by atoms with E-state index in [1.807, 2.05) is 24.3 Å². The number of hydrogen-bond acceptors (Lipinski definition) is 4. The Kier molecular flexibility index (Phi) is 5.02. The van der Waals surface area contributed by atoms with Gasteiger partial charge in [-0.05, 0) is 30.7 Å². The van der Waals surface area contributed by atoms with Crippen LogP contribution >= 0.6 is 24.0 Å². The van der Waals surface area contributed by atoms with Crippen LogP contribution in [-0.2, 0) is 4.79 Å². The molecule has 24 heavy (non-hydrogen) atoms. The minimum absolute atomic E-state index is 0.0509. The first-order chi connectivity index (χ1) is 11.7. The Bertz CT molecular complexity index is 792. The van der Waals surface area contributed by atoms with E-state index in [0.29, 0.717) is 15.8 Å². The van der Waals surface area contributed by atoms with E-state index in [0.717, 1.165) is 12.1 Å². The topological polar surface area (TPSA) is 23.6 Å². The molecule has 0 spiro atoms. The summed E-state index contributed by atoms with van der Waals surface area (Å²) in [6, 6.07) is 8.28. The number of thiocarbonyl (C=S) groups is 1. The van der Waals surface area contributed by atoms with Crippen LogP contribution in [0.25, 0.3) is 5.57 Å². The van der Waals surface area contributed by atoms with Gasteiger partial charge in [0, 0.05) is 30.5 Å². The van der Waals surface area contributed by atoms with Crippen molar-refractivity contribution in [3.8, 4) is 0 Å². The van der Waals surface area contributed by atoms with Gasteiger partial charge < -0.3 is 4.90 Å². The van der Waals surface area contributed by atoms with E-state index in [4.69, 9.17) is 12.2 Å². The van der Waals surface area contributed by atoms with Gasteiger partial charge >= 0.3 is 0 Å². The van der Waals surface area contributed by atoms with Gasteiger partial charge in [-0.3, -0.25) is 9.69 Å². The van der Waals surface area contributed by atoms with Gasteiger partial charge in [0.2, 0.25) is 0 Å². The molecule has 1 amide bonds. The van der Waals surface area contributed by atoms with Crippen LogP contribution in [0.2, 0.25) is 0 Å². The SMILES string of the molecule is C=CCN1C(=O)/C(=C/C=C2\C=CN(CC)c3ccccc32)SC1=S. The molecule has 1 saturated heterocycles. The number of carbonyl (C=O) groups is 1. The van der Waals surface area contributed by atoms with E-state index in [-0.39, 0.29) is 5.91 Å². The lowest BCUT2D eigenvalue weighted by atomic mass is 9.99. The van der Waals surface area contributed by atoms with Gasteiger partial charge in [-0.1, -0.05) is 54.3 Å². The zero-order chi connectivity index (χ0) is 17.1. The Morgan fingerprint density at radius 1 is 1.29 bits per heavy atom. The number of rotatable bonds is 4. The average Bonchev–Trinajstić information content (AvgIpc) is 2.87. The highest BCUT2D eigenvalue weighted by molar-refractivity contribution is 8.26. The molecule has 0 bridgehead atoms. The number of anilines is 1. The fourth-order valence-electron chi connectivity index (χ4n) is 2.70. The molecule has 0 unspecified atom stereocenters. The maximum absolute atomic E-state index is 12.4. The molecule has 0 aromatic heterocycles. The number of allylic oxidation sites excluding steroid dienone is 4. The number of para-hydroxylation sites is 1. The van der Waals surface area contributed by atoms with Crippen LogP contribution in [0.4, 0.5) is 5.69 Å².